The largest absolute Gasteiger partial charge is 0.484 e. The van der Waals surface area contributed by atoms with Gasteiger partial charge in [-0.3, -0.25) is 10.1 Å². The Labute approximate surface area is 162 Å². The summed E-state index contributed by atoms with van der Waals surface area (Å²) in [7, 11) is 0. The number of aromatic nitrogens is 2. The van der Waals surface area contributed by atoms with E-state index in [2.05, 4.69) is 36.2 Å². The molecule has 0 spiro atoms. The van der Waals surface area contributed by atoms with Crippen LogP contribution in [-0.4, -0.2) is 22.7 Å². The fourth-order valence-corrected chi connectivity index (χ4v) is 2.56. The lowest BCUT2D eigenvalue weighted by molar-refractivity contribution is -0.118. The van der Waals surface area contributed by atoms with Crippen LogP contribution >= 0.6 is 11.6 Å². The highest BCUT2D eigenvalue weighted by Gasteiger charge is 2.14. The Balaban J connectivity index is 1.55. The van der Waals surface area contributed by atoms with Gasteiger partial charge in [-0.05, 0) is 46.5 Å². The van der Waals surface area contributed by atoms with Crippen molar-refractivity contribution >= 4 is 23.5 Å². The standard InChI is InChI=1S/C20H20ClN3O3/c1-20(2,3)14-7-9-16(10-8-14)26-12-17(25)22-19-23-18(27-24-19)13-5-4-6-15(21)11-13/h4-11H,12H2,1-3H3,(H,22,24,25). The fraction of sp³-hybridized carbons (Fsp3) is 0.250. The van der Waals surface area contributed by atoms with Gasteiger partial charge in [0.2, 0.25) is 0 Å². The van der Waals surface area contributed by atoms with Crippen molar-refractivity contribution in [2.45, 2.75) is 26.2 Å². The third-order valence-corrected chi connectivity index (χ3v) is 4.07. The molecule has 1 aromatic heterocycles. The maximum Gasteiger partial charge on any atom is 0.270 e. The average molecular weight is 386 g/mol. The molecule has 0 saturated heterocycles. The highest BCUT2D eigenvalue weighted by atomic mass is 35.5. The number of amides is 1. The topological polar surface area (TPSA) is 77.2 Å². The maximum absolute atomic E-state index is 12.0. The molecule has 0 aliphatic rings. The molecule has 2 aromatic carbocycles. The molecule has 0 saturated carbocycles. The van der Waals surface area contributed by atoms with Gasteiger partial charge in [0.1, 0.15) is 5.75 Å². The summed E-state index contributed by atoms with van der Waals surface area (Å²) >= 11 is 5.94. The van der Waals surface area contributed by atoms with Crippen LogP contribution in [0.15, 0.2) is 53.1 Å². The van der Waals surface area contributed by atoms with Crippen molar-refractivity contribution in [2.24, 2.45) is 0 Å². The summed E-state index contributed by atoms with van der Waals surface area (Å²) in [5.41, 5.74) is 1.93. The van der Waals surface area contributed by atoms with Gasteiger partial charge in [0.15, 0.2) is 6.61 Å². The van der Waals surface area contributed by atoms with Gasteiger partial charge in [-0.2, -0.15) is 4.98 Å². The van der Waals surface area contributed by atoms with Crippen molar-refractivity contribution in [3.63, 3.8) is 0 Å². The van der Waals surface area contributed by atoms with Crippen LogP contribution in [-0.2, 0) is 10.2 Å². The first-order valence-electron chi connectivity index (χ1n) is 8.44. The number of nitrogens with one attached hydrogen (secondary N) is 1. The molecular formula is C20H20ClN3O3. The van der Waals surface area contributed by atoms with Crippen LogP contribution in [0.5, 0.6) is 5.75 Å². The second-order valence-electron chi connectivity index (χ2n) is 7.04. The summed E-state index contributed by atoms with van der Waals surface area (Å²) in [6, 6.07) is 14.7. The first-order valence-corrected chi connectivity index (χ1v) is 8.82. The molecule has 140 valence electrons. The van der Waals surface area contributed by atoms with Crippen molar-refractivity contribution in [3.8, 4) is 17.2 Å². The van der Waals surface area contributed by atoms with E-state index in [0.29, 0.717) is 16.3 Å². The van der Waals surface area contributed by atoms with Crippen LogP contribution < -0.4 is 10.1 Å². The number of hydrogen-bond acceptors (Lipinski definition) is 5. The van der Waals surface area contributed by atoms with Crippen molar-refractivity contribution < 1.29 is 14.1 Å². The molecule has 27 heavy (non-hydrogen) atoms. The Hall–Kier alpha value is -2.86. The normalized spacial score (nSPS) is 11.3. The maximum atomic E-state index is 12.0. The molecule has 0 unspecified atom stereocenters. The van der Waals surface area contributed by atoms with Gasteiger partial charge >= 0.3 is 0 Å². The molecule has 6 nitrogen and oxygen atoms in total. The van der Waals surface area contributed by atoms with E-state index in [1.807, 2.05) is 24.3 Å². The van der Waals surface area contributed by atoms with E-state index in [1.54, 1.807) is 24.3 Å². The van der Waals surface area contributed by atoms with Gasteiger partial charge in [-0.25, -0.2) is 0 Å². The van der Waals surface area contributed by atoms with Crippen LogP contribution in [0.3, 0.4) is 0 Å². The summed E-state index contributed by atoms with van der Waals surface area (Å²) in [5, 5.41) is 6.84. The predicted molar refractivity (Wildman–Crippen MR) is 104 cm³/mol. The Morgan fingerprint density at radius 2 is 1.93 bits per heavy atom. The second-order valence-corrected chi connectivity index (χ2v) is 7.48. The lowest BCUT2D eigenvalue weighted by Crippen LogP contribution is -2.21. The fourth-order valence-electron chi connectivity index (χ4n) is 2.37. The molecule has 0 bridgehead atoms. The van der Waals surface area contributed by atoms with Crippen LogP contribution in [0.25, 0.3) is 11.5 Å². The summed E-state index contributed by atoms with van der Waals surface area (Å²) in [6.07, 6.45) is 0. The minimum Gasteiger partial charge on any atom is -0.484 e. The molecule has 3 aromatic rings. The number of ether oxygens (including phenoxy) is 1. The van der Waals surface area contributed by atoms with Gasteiger partial charge in [0, 0.05) is 10.6 Å². The lowest BCUT2D eigenvalue weighted by Gasteiger charge is -2.19. The molecule has 0 aliphatic carbocycles. The highest BCUT2D eigenvalue weighted by Crippen LogP contribution is 2.24. The van der Waals surface area contributed by atoms with Gasteiger partial charge in [-0.15, -0.1) is 0 Å². The van der Waals surface area contributed by atoms with Crippen LogP contribution in [0.1, 0.15) is 26.3 Å². The average Bonchev–Trinajstić information content (AvgIpc) is 3.08. The van der Waals surface area contributed by atoms with Crippen molar-refractivity contribution in [1.29, 1.82) is 0 Å². The molecule has 7 heteroatoms. The zero-order chi connectivity index (χ0) is 19.4. The van der Waals surface area contributed by atoms with Crippen LogP contribution in [0.4, 0.5) is 5.95 Å². The monoisotopic (exact) mass is 385 g/mol. The van der Waals surface area contributed by atoms with E-state index >= 15 is 0 Å². The van der Waals surface area contributed by atoms with Gasteiger partial charge in [0.05, 0.1) is 0 Å². The summed E-state index contributed by atoms with van der Waals surface area (Å²) in [4.78, 5) is 16.2. The Morgan fingerprint density at radius 3 is 2.59 bits per heavy atom. The molecule has 0 radical (unpaired) electrons. The van der Waals surface area contributed by atoms with E-state index in [1.165, 1.54) is 5.56 Å². The Kier molecular flexibility index (Phi) is 5.46. The van der Waals surface area contributed by atoms with E-state index in [9.17, 15) is 4.79 Å². The number of halogens is 1. The third kappa shape index (κ3) is 5.08. The van der Waals surface area contributed by atoms with Gasteiger partial charge < -0.3 is 9.26 Å². The van der Waals surface area contributed by atoms with Crippen LogP contribution in [0, 0.1) is 0 Å². The number of anilines is 1. The molecule has 0 atom stereocenters. The number of nitrogens with zero attached hydrogens (tertiary/aromatic N) is 2. The number of rotatable bonds is 5. The smallest absolute Gasteiger partial charge is 0.270 e. The minimum absolute atomic E-state index is 0.0647. The molecular weight excluding hydrogens is 366 g/mol. The molecule has 0 aliphatic heterocycles. The molecule has 3 rings (SSSR count). The van der Waals surface area contributed by atoms with E-state index < -0.39 is 0 Å². The number of hydrogen-bond donors (Lipinski definition) is 1. The van der Waals surface area contributed by atoms with Crippen molar-refractivity contribution in [3.05, 3.63) is 59.1 Å². The number of benzene rings is 2. The van der Waals surface area contributed by atoms with Crippen LogP contribution in [0.2, 0.25) is 5.02 Å². The minimum atomic E-state index is -0.381. The molecule has 1 amide bonds. The van der Waals surface area contributed by atoms with Gasteiger partial charge in [-0.1, -0.05) is 50.6 Å². The molecule has 1 heterocycles. The summed E-state index contributed by atoms with van der Waals surface area (Å²) < 4.78 is 10.6. The van der Waals surface area contributed by atoms with Crippen molar-refractivity contribution in [1.82, 2.24) is 10.1 Å². The quantitative estimate of drug-likeness (QED) is 0.688. The summed E-state index contributed by atoms with van der Waals surface area (Å²) in [6.45, 7) is 6.26. The first kappa shape index (κ1) is 18.9. The van der Waals surface area contributed by atoms with E-state index in [0.717, 1.165) is 0 Å². The first-order chi connectivity index (χ1) is 12.8. The van der Waals surface area contributed by atoms with Gasteiger partial charge in [0.25, 0.3) is 17.7 Å². The Bertz CT molecular complexity index is 930. The van der Waals surface area contributed by atoms with E-state index in [4.69, 9.17) is 20.9 Å². The lowest BCUT2D eigenvalue weighted by atomic mass is 9.87. The van der Waals surface area contributed by atoms with E-state index in [-0.39, 0.29) is 29.8 Å². The molecule has 1 N–H and O–H groups in total. The third-order valence-electron chi connectivity index (χ3n) is 3.84. The zero-order valence-corrected chi connectivity index (χ0v) is 16.1. The number of carbonyl (C=O) groups is 1. The predicted octanol–water partition coefficient (Wildman–Crippen LogP) is 4.71. The number of carbonyl (C=O) groups excluding carboxylic acids is 1. The second kappa shape index (κ2) is 7.80. The zero-order valence-electron chi connectivity index (χ0n) is 15.3. The SMILES string of the molecule is CC(C)(C)c1ccc(OCC(=O)Nc2noc(-c3cccc(Cl)c3)n2)cc1. The van der Waals surface area contributed by atoms with Crippen molar-refractivity contribution in [2.75, 3.05) is 11.9 Å². The Morgan fingerprint density at radius 1 is 1.19 bits per heavy atom. The summed E-state index contributed by atoms with van der Waals surface area (Å²) in [5.74, 6) is 0.576. The molecule has 0 fully saturated rings. The highest BCUT2D eigenvalue weighted by molar-refractivity contribution is 6.30.